The second kappa shape index (κ2) is 8.14. The zero-order chi connectivity index (χ0) is 20.2. The number of nitriles is 1. The Labute approximate surface area is 156 Å². The summed E-state index contributed by atoms with van der Waals surface area (Å²) >= 11 is 0. The number of carbonyl (C=O) groups excluding carboxylic acids is 1. The molecule has 0 bridgehead atoms. The largest absolute Gasteiger partial charge is 0.324 e. The highest BCUT2D eigenvalue weighted by atomic mass is 32.2. The molecule has 1 atom stereocenters. The first-order chi connectivity index (χ1) is 12.6. The molecule has 0 heterocycles. The van der Waals surface area contributed by atoms with E-state index in [1.54, 1.807) is 24.3 Å². The van der Waals surface area contributed by atoms with E-state index in [0.29, 0.717) is 5.69 Å². The molecule has 0 aliphatic carbocycles. The van der Waals surface area contributed by atoms with Gasteiger partial charge in [-0.2, -0.15) is 5.26 Å². The number of anilines is 2. The molecule has 1 N–H and O–H groups in total. The Morgan fingerprint density at radius 2 is 1.81 bits per heavy atom. The minimum atomic E-state index is -3.95. The van der Waals surface area contributed by atoms with Crippen molar-refractivity contribution in [1.82, 2.24) is 0 Å². The molecule has 0 radical (unpaired) electrons. The van der Waals surface area contributed by atoms with Gasteiger partial charge in [0.1, 0.15) is 6.04 Å². The van der Waals surface area contributed by atoms with Crippen LogP contribution in [0.5, 0.6) is 0 Å². The average molecular weight is 393 g/mol. The minimum Gasteiger partial charge on any atom is -0.324 e. The fourth-order valence-electron chi connectivity index (χ4n) is 2.47. The zero-order valence-corrected chi connectivity index (χ0v) is 15.4. The van der Waals surface area contributed by atoms with E-state index in [1.165, 1.54) is 6.92 Å². The molecule has 0 unspecified atom stereocenters. The normalized spacial score (nSPS) is 12.1. The van der Waals surface area contributed by atoms with Gasteiger partial charge in [0.15, 0.2) is 11.6 Å². The Morgan fingerprint density at radius 1 is 1.19 bits per heavy atom. The Kier molecular flexibility index (Phi) is 6.13. The summed E-state index contributed by atoms with van der Waals surface area (Å²) in [5.74, 6) is -3.00. The van der Waals surface area contributed by atoms with Crippen LogP contribution in [0.15, 0.2) is 42.5 Å². The number of rotatable bonds is 6. The number of halogens is 2. The fourth-order valence-corrected chi connectivity index (χ4v) is 3.64. The third-order valence-electron chi connectivity index (χ3n) is 3.75. The van der Waals surface area contributed by atoms with Crippen molar-refractivity contribution in [2.45, 2.75) is 19.4 Å². The number of carbonyl (C=O) groups is 1. The molecule has 0 aliphatic rings. The van der Waals surface area contributed by atoms with Crippen molar-refractivity contribution in [3.63, 3.8) is 0 Å². The van der Waals surface area contributed by atoms with Crippen LogP contribution in [0.4, 0.5) is 20.2 Å². The number of benzene rings is 2. The molecule has 9 heteroatoms. The van der Waals surface area contributed by atoms with E-state index >= 15 is 0 Å². The highest BCUT2D eigenvalue weighted by Crippen LogP contribution is 2.24. The van der Waals surface area contributed by atoms with Crippen molar-refractivity contribution in [2.24, 2.45) is 0 Å². The van der Waals surface area contributed by atoms with Crippen LogP contribution < -0.4 is 9.62 Å². The van der Waals surface area contributed by atoms with Crippen molar-refractivity contribution in [3.8, 4) is 6.07 Å². The molecule has 0 saturated carbocycles. The van der Waals surface area contributed by atoms with Gasteiger partial charge in [0.25, 0.3) is 0 Å². The summed E-state index contributed by atoms with van der Waals surface area (Å²) in [5, 5.41) is 11.2. The fraction of sp³-hybridized carbons (Fsp3) is 0.222. The quantitative estimate of drug-likeness (QED) is 0.817. The van der Waals surface area contributed by atoms with Crippen LogP contribution in [-0.4, -0.2) is 26.6 Å². The number of nitrogens with zero attached hydrogens (tertiary/aromatic N) is 2. The zero-order valence-electron chi connectivity index (χ0n) is 14.6. The molecule has 2 aromatic carbocycles. The lowest BCUT2D eigenvalue weighted by atomic mass is 10.1. The lowest BCUT2D eigenvalue weighted by Gasteiger charge is -2.28. The van der Waals surface area contributed by atoms with Crippen LogP contribution in [0, 0.1) is 23.0 Å². The molecule has 2 aromatic rings. The number of amides is 1. The summed E-state index contributed by atoms with van der Waals surface area (Å²) in [7, 11) is -3.95. The van der Waals surface area contributed by atoms with Gasteiger partial charge in [-0.25, -0.2) is 17.2 Å². The van der Waals surface area contributed by atoms with Crippen molar-refractivity contribution in [1.29, 1.82) is 5.26 Å². The van der Waals surface area contributed by atoms with E-state index in [2.05, 4.69) is 5.32 Å². The maximum absolute atomic E-state index is 13.5. The van der Waals surface area contributed by atoms with Crippen molar-refractivity contribution < 1.29 is 22.0 Å². The molecule has 0 aliphatic heterocycles. The Hall–Kier alpha value is -2.99. The first-order valence-electron chi connectivity index (χ1n) is 7.84. The third-order valence-corrected chi connectivity index (χ3v) is 4.99. The highest BCUT2D eigenvalue weighted by molar-refractivity contribution is 7.92. The van der Waals surface area contributed by atoms with Crippen LogP contribution in [-0.2, 0) is 21.2 Å². The van der Waals surface area contributed by atoms with Crippen LogP contribution in [0.25, 0.3) is 0 Å². The van der Waals surface area contributed by atoms with Gasteiger partial charge in [-0.05, 0) is 36.8 Å². The van der Waals surface area contributed by atoms with Crippen LogP contribution in [0.2, 0.25) is 0 Å². The Balaban J connectivity index is 2.26. The van der Waals surface area contributed by atoms with Crippen LogP contribution >= 0.6 is 0 Å². The van der Waals surface area contributed by atoms with Gasteiger partial charge < -0.3 is 5.32 Å². The lowest BCUT2D eigenvalue weighted by molar-refractivity contribution is -0.116. The summed E-state index contributed by atoms with van der Waals surface area (Å²) < 4.78 is 51.7. The van der Waals surface area contributed by atoms with Crippen molar-refractivity contribution in [3.05, 3.63) is 59.7 Å². The first-order valence-corrected chi connectivity index (χ1v) is 9.69. The molecule has 0 aromatic heterocycles. The van der Waals surface area contributed by atoms with E-state index in [4.69, 9.17) is 5.26 Å². The number of nitrogens with one attached hydrogen (secondary N) is 1. The molecule has 27 heavy (non-hydrogen) atoms. The Bertz CT molecular complexity index is 986. The SMILES string of the molecule is C[C@H](C(=O)Nc1ccc(CC#N)cc1)N(c1ccc(F)c(F)c1)S(C)(=O)=O. The van der Waals surface area contributed by atoms with E-state index in [0.717, 1.165) is 34.3 Å². The summed E-state index contributed by atoms with van der Waals surface area (Å²) in [6.07, 6.45) is 1.09. The second-order valence-electron chi connectivity index (χ2n) is 5.85. The van der Waals surface area contributed by atoms with E-state index < -0.39 is 33.6 Å². The Morgan fingerprint density at radius 3 is 2.33 bits per heavy atom. The molecule has 0 saturated heterocycles. The topological polar surface area (TPSA) is 90.3 Å². The third kappa shape index (κ3) is 5.01. The minimum absolute atomic E-state index is 0.164. The molecule has 0 fully saturated rings. The monoisotopic (exact) mass is 393 g/mol. The molecular weight excluding hydrogens is 376 g/mol. The van der Waals surface area contributed by atoms with Crippen molar-refractivity contribution in [2.75, 3.05) is 15.9 Å². The van der Waals surface area contributed by atoms with Crippen LogP contribution in [0.3, 0.4) is 0 Å². The second-order valence-corrected chi connectivity index (χ2v) is 7.71. The lowest BCUT2D eigenvalue weighted by Crippen LogP contribution is -2.45. The maximum atomic E-state index is 13.5. The summed E-state index contributed by atoms with van der Waals surface area (Å²) in [6, 6.07) is 9.86. The van der Waals surface area contributed by atoms with E-state index in [9.17, 15) is 22.0 Å². The first kappa shape index (κ1) is 20.3. The molecule has 0 spiro atoms. The molecule has 142 valence electrons. The van der Waals surface area contributed by atoms with Gasteiger partial charge in [0, 0.05) is 11.8 Å². The predicted octanol–water partition coefficient (Wildman–Crippen LogP) is 2.82. The summed E-state index contributed by atoms with van der Waals surface area (Å²) in [5.41, 5.74) is 1.01. The molecule has 1 amide bonds. The maximum Gasteiger partial charge on any atom is 0.247 e. The number of hydrogen-bond donors (Lipinski definition) is 1. The van der Waals surface area contributed by atoms with Gasteiger partial charge in [-0.3, -0.25) is 9.10 Å². The smallest absolute Gasteiger partial charge is 0.247 e. The summed E-state index contributed by atoms with van der Waals surface area (Å²) in [6.45, 7) is 1.34. The molecular formula is C18H17F2N3O3S. The van der Waals surface area contributed by atoms with Gasteiger partial charge in [0.2, 0.25) is 15.9 Å². The summed E-state index contributed by atoms with van der Waals surface area (Å²) in [4.78, 5) is 12.5. The van der Waals surface area contributed by atoms with Gasteiger partial charge in [-0.15, -0.1) is 0 Å². The van der Waals surface area contributed by atoms with Crippen LogP contribution in [0.1, 0.15) is 12.5 Å². The van der Waals surface area contributed by atoms with Crippen molar-refractivity contribution >= 4 is 27.3 Å². The highest BCUT2D eigenvalue weighted by Gasteiger charge is 2.29. The number of hydrogen-bond acceptors (Lipinski definition) is 4. The van der Waals surface area contributed by atoms with Gasteiger partial charge >= 0.3 is 0 Å². The molecule has 6 nitrogen and oxygen atoms in total. The van der Waals surface area contributed by atoms with Gasteiger partial charge in [0.05, 0.1) is 24.4 Å². The van der Waals surface area contributed by atoms with E-state index in [-0.39, 0.29) is 12.1 Å². The van der Waals surface area contributed by atoms with Gasteiger partial charge in [-0.1, -0.05) is 12.1 Å². The molecule has 2 rings (SSSR count). The standard InChI is InChI=1S/C18H17F2N3O3S/c1-12(18(24)22-14-5-3-13(4-6-14)9-10-21)23(27(2,25)26)15-7-8-16(19)17(20)11-15/h3-8,11-12H,9H2,1-2H3,(H,22,24)/t12-/m1/s1. The number of sulfonamides is 1. The average Bonchev–Trinajstić information content (AvgIpc) is 2.59. The predicted molar refractivity (Wildman–Crippen MR) is 97.5 cm³/mol. The van der Waals surface area contributed by atoms with E-state index in [1.807, 2.05) is 6.07 Å².